The Morgan fingerprint density at radius 1 is 1.08 bits per heavy atom. The molecule has 0 bridgehead atoms. The fourth-order valence-corrected chi connectivity index (χ4v) is 4.50. The van der Waals surface area contributed by atoms with E-state index in [1.165, 1.54) is 23.2 Å². The Morgan fingerprint density at radius 3 is 2.44 bits per heavy atom. The third kappa shape index (κ3) is 6.14. The summed E-state index contributed by atoms with van der Waals surface area (Å²) in [4.78, 5) is 30.3. The van der Waals surface area contributed by atoms with E-state index >= 15 is 0 Å². The predicted molar refractivity (Wildman–Crippen MR) is 132 cm³/mol. The fourth-order valence-electron chi connectivity index (χ4n) is 4.50. The average molecular weight is 499 g/mol. The lowest BCUT2D eigenvalue weighted by Gasteiger charge is -2.31. The Labute approximate surface area is 210 Å². The minimum Gasteiger partial charge on any atom is -0.379 e. The Bertz CT molecular complexity index is 1100. The molecule has 0 N–H and O–H groups in total. The molecule has 4 rings (SSSR count). The SMILES string of the molecule is CC(C)C(=O)N(CCN1CCOCC1)CC(=O)N1N=C(c2ccccc2F)C[C@H]1c1ccc(F)cc1. The van der Waals surface area contributed by atoms with Gasteiger partial charge in [-0.05, 0) is 23.8 Å². The normalized spacial score (nSPS) is 18.4. The van der Waals surface area contributed by atoms with Crippen LogP contribution in [-0.4, -0.2) is 78.3 Å². The standard InChI is InChI=1S/C27H32F2N4O3/c1-19(2)27(35)32(12-11-31-13-15-36-16-14-31)18-26(34)33-25(20-7-9-21(28)10-8-20)17-24(30-33)22-5-3-4-6-23(22)29/h3-10,19,25H,11-18H2,1-2H3/t25-/m0/s1. The summed E-state index contributed by atoms with van der Waals surface area (Å²) in [5, 5.41) is 5.83. The molecule has 192 valence electrons. The lowest BCUT2D eigenvalue weighted by atomic mass is 9.98. The molecule has 7 nitrogen and oxygen atoms in total. The van der Waals surface area contributed by atoms with Crippen LogP contribution in [0.1, 0.15) is 37.4 Å². The molecule has 2 aliphatic heterocycles. The maximum absolute atomic E-state index is 14.5. The van der Waals surface area contributed by atoms with Gasteiger partial charge in [0.25, 0.3) is 5.91 Å². The van der Waals surface area contributed by atoms with Crippen LogP contribution in [0.4, 0.5) is 8.78 Å². The van der Waals surface area contributed by atoms with Crippen LogP contribution in [0, 0.1) is 17.6 Å². The van der Waals surface area contributed by atoms with Crippen molar-refractivity contribution in [3.63, 3.8) is 0 Å². The molecular formula is C27H32F2N4O3. The highest BCUT2D eigenvalue weighted by Gasteiger charge is 2.35. The van der Waals surface area contributed by atoms with Crippen LogP contribution >= 0.6 is 0 Å². The highest BCUT2D eigenvalue weighted by molar-refractivity contribution is 6.03. The van der Waals surface area contributed by atoms with Crippen molar-refractivity contribution in [2.24, 2.45) is 11.0 Å². The van der Waals surface area contributed by atoms with Crippen LogP contribution in [0.25, 0.3) is 0 Å². The number of rotatable bonds is 8. The molecule has 0 radical (unpaired) electrons. The van der Waals surface area contributed by atoms with Gasteiger partial charge in [-0.2, -0.15) is 5.10 Å². The molecule has 2 aromatic rings. The van der Waals surface area contributed by atoms with E-state index in [1.54, 1.807) is 49.1 Å². The summed E-state index contributed by atoms with van der Waals surface area (Å²) in [6, 6.07) is 11.6. The molecule has 2 aliphatic rings. The summed E-state index contributed by atoms with van der Waals surface area (Å²) >= 11 is 0. The van der Waals surface area contributed by atoms with Crippen molar-refractivity contribution < 1.29 is 23.1 Å². The van der Waals surface area contributed by atoms with Gasteiger partial charge in [0.2, 0.25) is 5.91 Å². The van der Waals surface area contributed by atoms with Gasteiger partial charge < -0.3 is 9.64 Å². The van der Waals surface area contributed by atoms with E-state index in [9.17, 15) is 18.4 Å². The summed E-state index contributed by atoms with van der Waals surface area (Å²) < 4.78 is 33.5. The van der Waals surface area contributed by atoms with E-state index in [0.717, 1.165) is 13.1 Å². The van der Waals surface area contributed by atoms with Gasteiger partial charge in [0.05, 0.1) is 25.0 Å². The van der Waals surface area contributed by atoms with Gasteiger partial charge >= 0.3 is 0 Å². The van der Waals surface area contributed by atoms with E-state index in [0.29, 0.717) is 43.1 Å². The second-order valence-corrected chi connectivity index (χ2v) is 9.40. The van der Waals surface area contributed by atoms with Crippen LogP contribution in [-0.2, 0) is 14.3 Å². The zero-order chi connectivity index (χ0) is 25.7. The van der Waals surface area contributed by atoms with E-state index in [2.05, 4.69) is 10.0 Å². The molecule has 1 saturated heterocycles. The molecule has 36 heavy (non-hydrogen) atoms. The summed E-state index contributed by atoms with van der Waals surface area (Å²) in [5.74, 6) is -1.57. The Balaban J connectivity index is 1.57. The molecular weight excluding hydrogens is 466 g/mol. The van der Waals surface area contributed by atoms with Gasteiger partial charge in [-0.3, -0.25) is 14.5 Å². The van der Waals surface area contributed by atoms with Gasteiger partial charge in [0, 0.05) is 44.1 Å². The molecule has 2 heterocycles. The minimum absolute atomic E-state index is 0.118. The molecule has 0 unspecified atom stereocenters. The predicted octanol–water partition coefficient (Wildman–Crippen LogP) is 3.46. The molecule has 2 aromatic carbocycles. The van der Waals surface area contributed by atoms with Crippen molar-refractivity contribution >= 4 is 17.5 Å². The number of morpholine rings is 1. The number of halogens is 2. The maximum atomic E-state index is 14.5. The van der Waals surface area contributed by atoms with E-state index in [4.69, 9.17) is 4.74 Å². The Morgan fingerprint density at radius 2 is 1.78 bits per heavy atom. The maximum Gasteiger partial charge on any atom is 0.262 e. The molecule has 0 aliphatic carbocycles. The second kappa shape index (κ2) is 11.7. The smallest absolute Gasteiger partial charge is 0.262 e. The highest BCUT2D eigenvalue weighted by Crippen LogP contribution is 2.33. The molecule has 0 saturated carbocycles. The molecule has 9 heteroatoms. The first-order valence-corrected chi connectivity index (χ1v) is 12.3. The third-order valence-corrected chi connectivity index (χ3v) is 6.53. The van der Waals surface area contributed by atoms with E-state index in [1.807, 2.05) is 0 Å². The number of hydrogen-bond acceptors (Lipinski definition) is 5. The third-order valence-electron chi connectivity index (χ3n) is 6.53. The molecule has 2 amide bonds. The quantitative estimate of drug-likeness (QED) is 0.559. The summed E-state index contributed by atoms with van der Waals surface area (Å²) in [6.45, 7) is 7.38. The zero-order valence-corrected chi connectivity index (χ0v) is 20.7. The topological polar surface area (TPSA) is 65.5 Å². The monoisotopic (exact) mass is 498 g/mol. The van der Waals surface area contributed by atoms with Crippen molar-refractivity contribution in [1.82, 2.24) is 14.8 Å². The van der Waals surface area contributed by atoms with Crippen molar-refractivity contribution in [3.05, 3.63) is 71.3 Å². The Kier molecular flexibility index (Phi) is 8.43. The minimum atomic E-state index is -0.525. The van der Waals surface area contributed by atoms with Crippen LogP contribution in [0.5, 0.6) is 0 Å². The van der Waals surface area contributed by atoms with Crippen molar-refractivity contribution in [1.29, 1.82) is 0 Å². The van der Waals surface area contributed by atoms with Crippen molar-refractivity contribution in [2.45, 2.75) is 26.3 Å². The Hall–Kier alpha value is -3.17. The zero-order valence-electron chi connectivity index (χ0n) is 20.7. The number of benzene rings is 2. The van der Waals surface area contributed by atoms with Crippen molar-refractivity contribution in [2.75, 3.05) is 45.9 Å². The summed E-state index contributed by atoms with van der Waals surface area (Å²) in [6.07, 6.45) is 0.282. The number of hydrogen-bond donors (Lipinski definition) is 0. The molecule has 0 aromatic heterocycles. The van der Waals surface area contributed by atoms with Gasteiger partial charge in [-0.15, -0.1) is 0 Å². The average Bonchev–Trinajstić information content (AvgIpc) is 3.32. The molecule has 1 fully saturated rings. The van der Waals surface area contributed by atoms with Crippen molar-refractivity contribution in [3.8, 4) is 0 Å². The first-order valence-electron chi connectivity index (χ1n) is 12.3. The highest BCUT2D eigenvalue weighted by atomic mass is 19.1. The van der Waals surface area contributed by atoms with Crippen LogP contribution in [0.3, 0.4) is 0 Å². The van der Waals surface area contributed by atoms with Gasteiger partial charge in [0.15, 0.2) is 0 Å². The van der Waals surface area contributed by atoms with Crippen LogP contribution in [0.15, 0.2) is 53.6 Å². The summed E-state index contributed by atoms with van der Waals surface area (Å²) in [7, 11) is 0. The number of carbonyl (C=O) groups is 2. The van der Waals surface area contributed by atoms with Gasteiger partial charge in [-0.25, -0.2) is 13.8 Å². The lowest BCUT2D eigenvalue weighted by molar-refractivity contribution is -0.143. The van der Waals surface area contributed by atoms with Crippen LogP contribution in [0.2, 0.25) is 0 Å². The largest absolute Gasteiger partial charge is 0.379 e. The van der Waals surface area contributed by atoms with Gasteiger partial charge in [-0.1, -0.05) is 44.2 Å². The first-order chi connectivity index (χ1) is 17.3. The number of amides is 2. The van der Waals surface area contributed by atoms with E-state index < -0.39 is 11.9 Å². The first kappa shape index (κ1) is 25.9. The van der Waals surface area contributed by atoms with Crippen LogP contribution < -0.4 is 0 Å². The fraction of sp³-hybridized carbons (Fsp3) is 0.444. The number of carbonyl (C=O) groups excluding carboxylic acids is 2. The summed E-state index contributed by atoms with van der Waals surface area (Å²) in [5.41, 5.74) is 1.45. The number of nitrogens with zero attached hydrogens (tertiary/aromatic N) is 4. The molecule has 1 atom stereocenters. The number of ether oxygens (including phenoxy) is 1. The second-order valence-electron chi connectivity index (χ2n) is 9.40. The van der Waals surface area contributed by atoms with Gasteiger partial charge in [0.1, 0.15) is 18.2 Å². The van der Waals surface area contributed by atoms with E-state index in [-0.39, 0.29) is 36.5 Å². The lowest BCUT2D eigenvalue weighted by Crippen LogP contribution is -2.47. The number of hydrazone groups is 1. The molecule has 0 spiro atoms.